The van der Waals surface area contributed by atoms with Gasteiger partial charge in [0.25, 0.3) is 0 Å². The molecular formula is C15H31BO3. The van der Waals surface area contributed by atoms with E-state index in [2.05, 4.69) is 6.92 Å². The van der Waals surface area contributed by atoms with Crippen LogP contribution in [0.2, 0.25) is 0 Å². The van der Waals surface area contributed by atoms with Crippen molar-refractivity contribution in [1.82, 2.24) is 0 Å². The van der Waals surface area contributed by atoms with E-state index < -0.39 is 0 Å². The molecule has 0 aromatic rings. The maximum absolute atomic E-state index is 8.37. The van der Waals surface area contributed by atoms with Crippen LogP contribution in [0.5, 0.6) is 0 Å². The number of ether oxygens (including phenoxy) is 2. The summed E-state index contributed by atoms with van der Waals surface area (Å²) < 4.78 is 10.8. The quantitative estimate of drug-likeness (QED) is 0.544. The normalized spacial score (nSPS) is 22.4. The number of aliphatic hydroxyl groups is 1. The van der Waals surface area contributed by atoms with Gasteiger partial charge in [-0.25, -0.2) is 0 Å². The highest BCUT2D eigenvalue weighted by atomic mass is 16.5. The Balaban J connectivity index is 0.000000362. The third-order valence-corrected chi connectivity index (χ3v) is 3.02. The Bertz CT molecular complexity index is 182. The standard InChI is InChI=1S/C8H15BO2.C7H16O/c1-6(2)10-5-7-3-4-8(9)11-7;1-2-3-4-5-6-7-8/h6-8H,3-5H2,1-2H3;8H,2-7H2,1H3. The average Bonchev–Trinajstić information content (AvgIpc) is 2.79. The average molecular weight is 270 g/mol. The SMILES string of the molecule is CCCCCCCO.[B]C1CCC(COC(C)C)O1. The van der Waals surface area contributed by atoms with Crippen LogP contribution in [0.15, 0.2) is 0 Å². The number of hydrogen-bond acceptors (Lipinski definition) is 3. The molecule has 1 fully saturated rings. The monoisotopic (exact) mass is 270 g/mol. The molecule has 1 N–H and O–H groups in total. The summed E-state index contributed by atoms with van der Waals surface area (Å²) in [6, 6.07) is -0.0595. The molecule has 112 valence electrons. The predicted molar refractivity (Wildman–Crippen MR) is 80.6 cm³/mol. The van der Waals surface area contributed by atoms with Gasteiger partial charge in [-0.1, -0.05) is 32.6 Å². The van der Waals surface area contributed by atoms with E-state index in [0.29, 0.717) is 13.2 Å². The van der Waals surface area contributed by atoms with Gasteiger partial charge in [0, 0.05) is 12.6 Å². The molecule has 0 aromatic heterocycles. The fraction of sp³-hybridized carbons (Fsp3) is 1.00. The lowest BCUT2D eigenvalue weighted by Crippen LogP contribution is -2.19. The molecule has 4 heteroatoms. The van der Waals surface area contributed by atoms with Crippen molar-refractivity contribution in [2.75, 3.05) is 13.2 Å². The van der Waals surface area contributed by atoms with Crippen LogP contribution >= 0.6 is 0 Å². The minimum Gasteiger partial charge on any atom is -0.396 e. The first-order valence-corrected chi connectivity index (χ1v) is 7.73. The van der Waals surface area contributed by atoms with Gasteiger partial charge in [0.05, 0.1) is 18.8 Å². The fourth-order valence-electron chi connectivity index (χ4n) is 1.87. The van der Waals surface area contributed by atoms with Crippen molar-refractivity contribution in [3.05, 3.63) is 0 Å². The first kappa shape index (κ1) is 18.9. The molecule has 0 aliphatic carbocycles. The van der Waals surface area contributed by atoms with Crippen molar-refractivity contribution in [2.45, 2.75) is 83.9 Å². The Morgan fingerprint density at radius 1 is 1.21 bits per heavy atom. The summed E-state index contributed by atoms with van der Waals surface area (Å²) >= 11 is 0. The molecule has 0 saturated carbocycles. The number of aliphatic hydroxyl groups excluding tert-OH is 1. The van der Waals surface area contributed by atoms with E-state index in [9.17, 15) is 0 Å². The molecule has 2 atom stereocenters. The number of unbranched alkanes of at least 4 members (excludes halogenated alkanes) is 4. The highest BCUT2D eigenvalue weighted by molar-refractivity contribution is 6.11. The molecule has 0 bridgehead atoms. The Kier molecular flexibility index (Phi) is 12.9. The van der Waals surface area contributed by atoms with Gasteiger partial charge in [-0.2, -0.15) is 0 Å². The second kappa shape index (κ2) is 13.0. The van der Waals surface area contributed by atoms with Crippen LogP contribution in [-0.2, 0) is 9.47 Å². The zero-order valence-electron chi connectivity index (χ0n) is 12.9. The molecule has 1 heterocycles. The fourth-order valence-corrected chi connectivity index (χ4v) is 1.87. The van der Waals surface area contributed by atoms with E-state index in [1.54, 1.807) is 0 Å². The Morgan fingerprint density at radius 2 is 1.89 bits per heavy atom. The van der Waals surface area contributed by atoms with Crippen molar-refractivity contribution in [3.63, 3.8) is 0 Å². The minimum atomic E-state index is -0.0595. The zero-order chi connectivity index (χ0) is 14.5. The Hall–Kier alpha value is -0.0551. The number of rotatable bonds is 8. The summed E-state index contributed by atoms with van der Waals surface area (Å²) in [5.74, 6) is 0. The Morgan fingerprint density at radius 3 is 2.37 bits per heavy atom. The molecule has 2 radical (unpaired) electrons. The minimum absolute atomic E-state index is 0.0595. The van der Waals surface area contributed by atoms with Crippen LogP contribution < -0.4 is 0 Å². The maximum atomic E-state index is 8.37. The smallest absolute Gasteiger partial charge is 0.109 e. The van der Waals surface area contributed by atoms with E-state index in [1.807, 2.05) is 13.8 Å². The van der Waals surface area contributed by atoms with Crippen molar-refractivity contribution in [2.24, 2.45) is 0 Å². The first-order valence-electron chi connectivity index (χ1n) is 7.73. The molecule has 0 spiro atoms. The summed E-state index contributed by atoms with van der Waals surface area (Å²) in [5.41, 5.74) is 0. The molecule has 0 aromatic carbocycles. The summed E-state index contributed by atoms with van der Waals surface area (Å²) in [6.45, 7) is 7.29. The third-order valence-electron chi connectivity index (χ3n) is 3.02. The maximum Gasteiger partial charge on any atom is 0.109 e. The van der Waals surface area contributed by atoms with Gasteiger partial charge in [-0.05, 0) is 33.1 Å². The van der Waals surface area contributed by atoms with Crippen LogP contribution in [-0.4, -0.2) is 44.4 Å². The number of hydrogen-bond donors (Lipinski definition) is 1. The van der Waals surface area contributed by atoms with Crippen LogP contribution in [0.3, 0.4) is 0 Å². The highest BCUT2D eigenvalue weighted by Crippen LogP contribution is 2.17. The topological polar surface area (TPSA) is 38.7 Å². The van der Waals surface area contributed by atoms with Crippen molar-refractivity contribution in [1.29, 1.82) is 0 Å². The Labute approximate surface area is 120 Å². The van der Waals surface area contributed by atoms with Crippen LogP contribution in [0.25, 0.3) is 0 Å². The molecule has 2 unspecified atom stereocenters. The van der Waals surface area contributed by atoms with E-state index in [4.69, 9.17) is 22.4 Å². The highest BCUT2D eigenvalue weighted by Gasteiger charge is 2.21. The van der Waals surface area contributed by atoms with Crippen LogP contribution in [0.4, 0.5) is 0 Å². The third kappa shape index (κ3) is 12.7. The van der Waals surface area contributed by atoms with E-state index in [0.717, 1.165) is 19.3 Å². The van der Waals surface area contributed by atoms with Gasteiger partial charge in [0.15, 0.2) is 0 Å². The molecular weight excluding hydrogens is 239 g/mol. The molecule has 0 amide bonds. The van der Waals surface area contributed by atoms with Gasteiger partial charge in [-0.15, -0.1) is 0 Å². The molecule has 1 rings (SSSR count). The largest absolute Gasteiger partial charge is 0.396 e. The van der Waals surface area contributed by atoms with Gasteiger partial charge in [0.2, 0.25) is 0 Å². The van der Waals surface area contributed by atoms with Gasteiger partial charge in [0.1, 0.15) is 7.85 Å². The van der Waals surface area contributed by atoms with Gasteiger partial charge >= 0.3 is 0 Å². The van der Waals surface area contributed by atoms with Crippen molar-refractivity contribution >= 4 is 7.85 Å². The lowest BCUT2D eigenvalue weighted by molar-refractivity contribution is -0.0154. The molecule has 1 saturated heterocycles. The van der Waals surface area contributed by atoms with Gasteiger partial charge in [-0.3, -0.25) is 0 Å². The van der Waals surface area contributed by atoms with E-state index in [-0.39, 0.29) is 18.2 Å². The summed E-state index contributed by atoms with van der Waals surface area (Å²) in [7, 11) is 5.55. The van der Waals surface area contributed by atoms with E-state index in [1.165, 1.54) is 25.7 Å². The van der Waals surface area contributed by atoms with Crippen molar-refractivity contribution in [3.8, 4) is 0 Å². The first-order chi connectivity index (χ1) is 9.10. The van der Waals surface area contributed by atoms with E-state index >= 15 is 0 Å². The van der Waals surface area contributed by atoms with Crippen LogP contribution in [0, 0.1) is 0 Å². The van der Waals surface area contributed by atoms with Gasteiger partial charge < -0.3 is 14.6 Å². The molecule has 1 aliphatic rings. The molecule has 3 nitrogen and oxygen atoms in total. The lowest BCUT2D eigenvalue weighted by Gasteiger charge is -2.13. The van der Waals surface area contributed by atoms with Crippen molar-refractivity contribution < 1.29 is 14.6 Å². The lowest BCUT2D eigenvalue weighted by atomic mass is 9.97. The summed E-state index contributed by atoms with van der Waals surface area (Å²) in [4.78, 5) is 0. The zero-order valence-corrected chi connectivity index (χ0v) is 12.9. The summed E-state index contributed by atoms with van der Waals surface area (Å²) in [5, 5.41) is 8.37. The second-order valence-electron chi connectivity index (χ2n) is 5.39. The summed E-state index contributed by atoms with van der Waals surface area (Å²) in [6.07, 6.45) is 8.59. The second-order valence-corrected chi connectivity index (χ2v) is 5.39. The predicted octanol–water partition coefficient (Wildman–Crippen LogP) is 3.03. The molecule has 19 heavy (non-hydrogen) atoms. The van der Waals surface area contributed by atoms with Crippen LogP contribution in [0.1, 0.15) is 65.7 Å². The molecule has 1 aliphatic heterocycles.